The number of thiophene rings is 1. The Bertz CT molecular complexity index is 474. The van der Waals surface area contributed by atoms with Crippen LogP contribution in [0.2, 0.25) is 0 Å². The van der Waals surface area contributed by atoms with E-state index in [0.29, 0.717) is 0 Å². The minimum atomic E-state index is 0.204. The number of aryl methyl sites for hydroxylation is 2. The molecular weight excluding hydrogens is 232 g/mol. The predicted octanol–water partition coefficient (Wildman–Crippen LogP) is 2.37. The Hall–Kier alpha value is -1.20. The molecule has 92 valence electrons. The summed E-state index contributed by atoms with van der Waals surface area (Å²) in [7, 11) is 0. The Kier molecular flexibility index (Phi) is 3.91. The summed E-state index contributed by atoms with van der Waals surface area (Å²) in [5.74, 6) is 0. The SMILES string of the molecule is CCNC(c1sccc1C)c1cnnn1CC. The maximum atomic E-state index is 4.11. The average Bonchev–Trinajstić information content (AvgIpc) is 2.94. The monoisotopic (exact) mass is 250 g/mol. The molecule has 17 heavy (non-hydrogen) atoms. The number of nitrogens with zero attached hydrogens (tertiary/aromatic N) is 3. The Morgan fingerprint density at radius 2 is 2.29 bits per heavy atom. The van der Waals surface area contributed by atoms with Crippen molar-refractivity contribution >= 4 is 11.3 Å². The van der Waals surface area contributed by atoms with Crippen LogP contribution in [0.4, 0.5) is 0 Å². The van der Waals surface area contributed by atoms with Crippen molar-refractivity contribution < 1.29 is 0 Å². The van der Waals surface area contributed by atoms with Crippen molar-refractivity contribution in [2.24, 2.45) is 0 Å². The van der Waals surface area contributed by atoms with Gasteiger partial charge in [-0.2, -0.15) is 0 Å². The van der Waals surface area contributed by atoms with Gasteiger partial charge in [-0.1, -0.05) is 12.1 Å². The Morgan fingerprint density at radius 1 is 1.47 bits per heavy atom. The van der Waals surface area contributed by atoms with Crippen molar-refractivity contribution in [3.05, 3.63) is 33.8 Å². The van der Waals surface area contributed by atoms with E-state index in [9.17, 15) is 0 Å². The Morgan fingerprint density at radius 3 is 2.88 bits per heavy atom. The number of hydrogen-bond donors (Lipinski definition) is 1. The van der Waals surface area contributed by atoms with Crippen LogP contribution in [0.1, 0.15) is 36.0 Å². The van der Waals surface area contributed by atoms with Crippen LogP contribution in [0.25, 0.3) is 0 Å². The molecule has 2 aromatic heterocycles. The molecule has 0 spiro atoms. The first kappa shape index (κ1) is 12.3. The molecule has 0 radical (unpaired) electrons. The lowest BCUT2D eigenvalue weighted by Crippen LogP contribution is -2.24. The minimum absolute atomic E-state index is 0.204. The summed E-state index contributed by atoms with van der Waals surface area (Å²) in [4.78, 5) is 1.35. The van der Waals surface area contributed by atoms with Crippen LogP contribution in [0.15, 0.2) is 17.6 Å². The van der Waals surface area contributed by atoms with Gasteiger partial charge in [0.05, 0.1) is 17.9 Å². The van der Waals surface area contributed by atoms with E-state index in [1.54, 1.807) is 11.3 Å². The fourth-order valence-electron chi connectivity index (χ4n) is 1.95. The van der Waals surface area contributed by atoms with Crippen LogP contribution in [0.5, 0.6) is 0 Å². The lowest BCUT2D eigenvalue weighted by atomic mass is 10.1. The van der Waals surface area contributed by atoms with E-state index >= 15 is 0 Å². The standard InChI is InChI=1S/C12H18N4S/c1-4-13-11(12-9(3)6-7-17-12)10-8-14-15-16(10)5-2/h6-8,11,13H,4-5H2,1-3H3. The summed E-state index contributed by atoms with van der Waals surface area (Å²) in [6.07, 6.45) is 1.86. The minimum Gasteiger partial charge on any atom is -0.305 e. The second-order valence-corrected chi connectivity index (χ2v) is 4.88. The quantitative estimate of drug-likeness (QED) is 0.886. The third-order valence-corrected chi connectivity index (χ3v) is 3.90. The predicted molar refractivity (Wildman–Crippen MR) is 70.3 cm³/mol. The molecule has 2 rings (SSSR count). The van der Waals surface area contributed by atoms with Gasteiger partial charge in [0, 0.05) is 11.4 Å². The molecule has 2 aromatic rings. The van der Waals surface area contributed by atoms with E-state index in [1.807, 2.05) is 10.9 Å². The third-order valence-electron chi connectivity index (χ3n) is 2.82. The van der Waals surface area contributed by atoms with Gasteiger partial charge < -0.3 is 5.32 Å². The van der Waals surface area contributed by atoms with Crippen molar-refractivity contribution in [1.29, 1.82) is 0 Å². The zero-order valence-corrected chi connectivity index (χ0v) is 11.3. The molecule has 0 saturated carbocycles. The van der Waals surface area contributed by atoms with Gasteiger partial charge in [0.1, 0.15) is 0 Å². The smallest absolute Gasteiger partial charge is 0.0860 e. The summed E-state index contributed by atoms with van der Waals surface area (Å²) in [5.41, 5.74) is 2.46. The molecule has 0 aliphatic carbocycles. The van der Waals surface area contributed by atoms with Gasteiger partial charge in [0.15, 0.2) is 0 Å². The maximum absolute atomic E-state index is 4.11. The van der Waals surface area contributed by atoms with Gasteiger partial charge in [-0.05, 0) is 37.4 Å². The molecule has 0 fully saturated rings. The van der Waals surface area contributed by atoms with E-state index in [0.717, 1.165) is 18.8 Å². The van der Waals surface area contributed by atoms with E-state index in [4.69, 9.17) is 0 Å². The number of hydrogen-bond acceptors (Lipinski definition) is 4. The van der Waals surface area contributed by atoms with E-state index < -0.39 is 0 Å². The van der Waals surface area contributed by atoms with Crippen molar-refractivity contribution in [2.75, 3.05) is 6.54 Å². The second kappa shape index (κ2) is 5.42. The number of nitrogens with one attached hydrogen (secondary N) is 1. The highest BCUT2D eigenvalue weighted by Gasteiger charge is 2.20. The lowest BCUT2D eigenvalue weighted by Gasteiger charge is -2.18. The average molecular weight is 250 g/mol. The van der Waals surface area contributed by atoms with Crippen LogP contribution in [0, 0.1) is 6.92 Å². The van der Waals surface area contributed by atoms with E-state index in [-0.39, 0.29) is 6.04 Å². The van der Waals surface area contributed by atoms with Crippen molar-refractivity contribution in [3.8, 4) is 0 Å². The highest BCUT2D eigenvalue weighted by Crippen LogP contribution is 2.28. The van der Waals surface area contributed by atoms with E-state index in [1.165, 1.54) is 10.4 Å². The zero-order chi connectivity index (χ0) is 12.3. The fraction of sp³-hybridized carbons (Fsp3) is 0.500. The van der Waals surface area contributed by atoms with Crippen molar-refractivity contribution in [2.45, 2.75) is 33.4 Å². The largest absolute Gasteiger partial charge is 0.305 e. The molecule has 1 unspecified atom stereocenters. The molecule has 0 saturated heterocycles. The molecule has 0 aromatic carbocycles. The molecule has 4 nitrogen and oxygen atoms in total. The molecule has 0 amide bonds. The summed E-state index contributed by atoms with van der Waals surface area (Å²) in [6, 6.07) is 2.36. The van der Waals surface area contributed by atoms with Crippen molar-refractivity contribution in [3.63, 3.8) is 0 Å². The highest BCUT2D eigenvalue weighted by atomic mass is 32.1. The normalized spacial score (nSPS) is 12.9. The van der Waals surface area contributed by atoms with Crippen LogP contribution in [-0.4, -0.2) is 21.5 Å². The lowest BCUT2D eigenvalue weighted by molar-refractivity contribution is 0.538. The summed E-state index contributed by atoms with van der Waals surface area (Å²) >= 11 is 1.78. The molecule has 2 heterocycles. The number of rotatable bonds is 5. The van der Waals surface area contributed by atoms with Crippen LogP contribution < -0.4 is 5.32 Å². The van der Waals surface area contributed by atoms with E-state index in [2.05, 4.69) is 47.8 Å². The number of aromatic nitrogens is 3. The Labute approximate surface area is 106 Å². The molecule has 0 aliphatic heterocycles. The maximum Gasteiger partial charge on any atom is 0.0860 e. The molecule has 5 heteroatoms. The van der Waals surface area contributed by atoms with Gasteiger partial charge >= 0.3 is 0 Å². The molecule has 0 aliphatic rings. The first-order valence-corrected chi connectivity index (χ1v) is 6.81. The second-order valence-electron chi connectivity index (χ2n) is 3.93. The summed E-state index contributed by atoms with van der Waals surface area (Å²) < 4.78 is 1.95. The van der Waals surface area contributed by atoms with Gasteiger partial charge in [0.2, 0.25) is 0 Å². The van der Waals surface area contributed by atoms with Gasteiger partial charge in [-0.15, -0.1) is 16.4 Å². The summed E-state index contributed by atoms with van der Waals surface area (Å²) in [6.45, 7) is 8.13. The Balaban J connectivity index is 2.39. The first-order chi connectivity index (χ1) is 8.27. The molecule has 1 N–H and O–H groups in total. The zero-order valence-electron chi connectivity index (χ0n) is 10.5. The van der Waals surface area contributed by atoms with Crippen LogP contribution in [0.3, 0.4) is 0 Å². The van der Waals surface area contributed by atoms with Crippen LogP contribution in [-0.2, 0) is 6.54 Å². The van der Waals surface area contributed by atoms with Crippen molar-refractivity contribution in [1.82, 2.24) is 20.3 Å². The highest BCUT2D eigenvalue weighted by molar-refractivity contribution is 7.10. The molecule has 1 atom stereocenters. The topological polar surface area (TPSA) is 42.7 Å². The third kappa shape index (κ3) is 2.40. The van der Waals surface area contributed by atoms with Gasteiger partial charge in [0.25, 0.3) is 0 Å². The summed E-state index contributed by atoms with van der Waals surface area (Å²) in [5, 5.41) is 13.8. The molecular formula is C12H18N4S. The first-order valence-electron chi connectivity index (χ1n) is 5.93. The van der Waals surface area contributed by atoms with Crippen LogP contribution >= 0.6 is 11.3 Å². The van der Waals surface area contributed by atoms with Gasteiger partial charge in [-0.25, -0.2) is 4.68 Å². The molecule has 0 bridgehead atoms. The fourth-order valence-corrected chi connectivity index (χ4v) is 2.96. The van der Waals surface area contributed by atoms with Gasteiger partial charge in [-0.3, -0.25) is 0 Å².